The van der Waals surface area contributed by atoms with Crippen LogP contribution in [0.15, 0.2) is 78.9 Å². The van der Waals surface area contributed by atoms with Crippen LogP contribution < -0.4 is 14.4 Å². The fraction of sp³-hybridized carbons (Fsp3) is 0.233. The van der Waals surface area contributed by atoms with Crippen LogP contribution in [0.2, 0.25) is 0 Å². The fourth-order valence-electron chi connectivity index (χ4n) is 4.43. The summed E-state index contributed by atoms with van der Waals surface area (Å²) in [5, 5.41) is 0. The van der Waals surface area contributed by atoms with Crippen molar-refractivity contribution < 1.29 is 18.7 Å². The van der Waals surface area contributed by atoms with Crippen molar-refractivity contribution in [1.82, 2.24) is 14.9 Å². The number of benzene rings is 3. The summed E-state index contributed by atoms with van der Waals surface area (Å²) in [5.74, 6) is 1.07. The van der Waals surface area contributed by atoms with E-state index in [1.165, 1.54) is 6.07 Å². The van der Waals surface area contributed by atoms with Crippen LogP contribution in [0.25, 0.3) is 0 Å². The van der Waals surface area contributed by atoms with E-state index in [2.05, 4.69) is 4.98 Å². The first-order chi connectivity index (χ1) is 18.5. The first-order valence-electron chi connectivity index (χ1n) is 12.5. The van der Waals surface area contributed by atoms with Gasteiger partial charge >= 0.3 is 0 Å². The monoisotopic (exact) mass is 512 g/mol. The molecule has 1 aliphatic rings. The van der Waals surface area contributed by atoms with Crippen LogP contribution >= 0.6 is 0 Å². The Morgan fingerprint density at radius 2 is 1.71 bits per heavy atom. The first kappa shape index (κ1) is 25.2. The van der Waals surface area contributed by atoms with Crippen LogP contribution in [-0.4, -0.2) is 41.5 Å². The second kappa shape index (κ2) is 11.3. The third kappa shape index (κ3) is 5.75. The van der Waals surface area contributed by atoms with E-state index in [-0.39, 0.29) is 30.5 Å². The Balaban J connectivity index is 1.42. The second-order valence-corrected chi connectivity index (χ2v) is 9.22. The topological polar surface area (TPSA) is 67.8 Å². The van der Waals surface area contributed by atoms with E-state index in [1.54, 1.807) is 30.2 Å². The molecule has 0 fully saturated rings. The minimum absolute atomic E-state index is 0.0112. The first-order valence-corrected chi connectivity index (χ1v) is 12.5. The third-order valence-electron chi connectivity index (χ3n) is 6.52. The lowest BCUT2D eigenvalue weighted by atomic mass is 10.0. The summed E-state index contributed by atoms with van der Waals surface area (Å²) in [6.45, 7) is 1.42. The molecular formula is C30H29FN4O3. The summed E-state index contributed by atoms with van der Waals surface area (Å²) < 4.78 is 25.7. The molecule has 7 nitrogen and oxygen atoms in total. The molecule has 8 heteroatoms. The molecule has 0 atom stereocenters. The number of nitrogens with zero attached hydrogens (tertiary/aromatic N) is 4. The maximum absolute atomic E-state index is 14.5. The highest BCUT2D eigenvalue weighted by molar-refractivity contribution is 5.79. The number of halogens is 1. The number of amides is 1. The molecule has 0 aliphatic carbocycles. The molecule has 0 saturated carbocycles. The summed E-state index contributed by atoms with van der Waals surface area (Å²) in [7, 11) is 3.52. The van der Waals surface area contributed by atoms with Gasteiger partial charge in [-0.15, -0.1) is 0 Å². The lowest BCUT2D eigenvalue weighted by molar-refractivity contribution is -0.131. The van der Waals surface area contributed by atoms with E-state index in [4.69, 9.17) is 14.5 Å². The van der Waals surface area contributed by atoms with Gasteiger partial charge < -0.3 is 19.3 Å². The Morgan fingerprint density at radius 1 is 0.974 bits per heavy atom. The number of para-hydroxylation sites is 1. The molecule has 5 rings (SSSR count). The van der Waals surface area contributed by atoms with Gasteiger partial charge in [0.2, 0.25) is 17.7 Å². The molecule has 0 N–H and O–H groups in total. The Kier molecular flexibility index (Phi) is 7.49. The zero-order valence-electron chi connectivity index (χ0n) is 21.4. The van der Waals surface area contributed by atoms with Gasteiger partial charge in [0.25, 0.3) is 0 Å². The number of aromatic nitrogens is 2. The molecule has 4 aromatic rings. The van der Waals surface area contributed by atoms with Crippen LogP contribution in [0, 0.1) is 5.82 Å². The Bertz CT molecular complexity index is 1410. The number of carbonyl (C=O) groups excluding carboxylic acids is 1. The molecule has 0 saturated heterocycles. The maximum atomic E-state index is 14.5. The van der Waals surface area contributed by atoms with Gasteiger partial charge in [-0.25, -0.2) is 9.37 Å². The van der Waals surface area contributed by atoms with Gasteiger partial charge in [0.05, 0.1) is 31.3 Å². The van der Waals surface area contributed by atoms with Crippen LogP contribution in [0.1, 0.15) is 22.4 Å². The van der Waals surface area contributed by atoms with Gasteiger partial charge in [0.15, 0.2) is 11.6 Å². The number of ether oxygens (including phenoxy) is 2. The van der Waals surface area contributed by atoms with Crippen molar-refractivity contribution in [3.63, 3.8) is 0 Å². The molecule has 38 heavy (non-hydrogen) atoms. The van der Waals surface area contributed by atoms with Crippen molar-refractivity contribution in [2.24, 2.45) is 0 Å². The smallest absolute Gasteiger partial charge is 0.229 e. The SMILES string of the molecule is COc1ccc(CC(=O)N2CCc3nc(N(C)Cc4ccccc4)nc(Oc4ccccc4F)c3C2)cc1. The van der Waals surface area contributed by atoms with Crippen molar-refractivity contribution in [3.05, 3.63) is 107 Å². The van der Waals surface area contributed by atoms with Gasteiger partial charge in [0, 0.05) is 26.6 Å². The lowest BCUT2D eigenvalue weighted by Crippen LogP contribution is -2.38. The average Bonchev–Trinajstić information content (AvgIpc) is 2.95. The minimum Gasteiger partial charge on any atom is -0.497 e. The maximum Gasteiger partial charge on any atom is 0.229 e. The van der Waals surface area contributed by atoms with Crippen LogP contribution in [0.5, 0.6) is 17.4 Å². The zero-order chi connectivity index (χ0) is 26.5. The highest BCUT2D eigenvalue weighted by Crippen LogP contribution is 2.32. The Labute approximate surface area is 221 Å². The van der Waals surface area contributed by atoms with Gasteiger partial charge in [-0.3, -0.25) is 4.79 Å². The summed E-state index contributed by atoms with van der Waals surface area (Å²) in [6.07, 6.45) is 0.813. The molecule has 0 bridgehead atoms. The molecule has 3 aromatic carbocycles. The van der Waals surface area contributed by atoms with Crippen molar-refractivity contribution >= 4 is 11.9 Å². The molecular weight excluding hydrogens is 483 g/mol. The average molecular weight is 513 g/mol. The molecule has 1 aliphatic heterocycles. The van der Waals surface area contributed by atoms with E-state index in [0.717, 1.165) is 22.6 Å². The van der Waals surface area contributed by atoms with Gasteiger partial charge in [-0.1, -0.05) is 54.6 Å². The largest absolute Gasteiger partial charge is 0.497 e. The predicted molar refractivity (Wildman–Crippen MR) is 143 cm³/mol. The van der Waals surface area contributed by atoms with E-state index in [9.17, 15) is 9.18 Å². The molecule has 0 spiro atoms. The standard InChI is InChI=1S/C30H29FN4O3/c1-34(19-22-8-4-3-5-9-22)30-32-26-16-17-35(28(36)18-21-12-14-23(37-2)15-13-21)20-24(26)29(33-30)38-27-11-7-6-10-25(27)31/h3-15H,16-20H2,1-2H3. The van der Waals surface area contributed by atoms with Crippen molar-refractivity contribution in [1.29, 1.82) is 0 Å². The fourth-order valence-corrected chi connectivity index (χ4v) is 4.43. The molecule has 0 radical (unpaired) electrons. The number of hydrogen-bond acceptors (Lipinski definition) is 6. The summed E-state index contributed by atoms with van der Waals surface area (Å²) in [5.41, 5.74) is 3.51. The summed E-state index contributed by atoms with van der Waals surface area (Å²) >= 11 is 0. The Morgan fingerprint density at radius 3 is 2.45 bits per heavy atom. The zero-order valence-corrected chi connectivity index (χ0v) is 21.4. The van der Waals surface area contributed by atoms with E-state index < -0.39 is 5.82 Å². The van der Waals surface area contributed by atoms with Crippen molar-refractivity contribution in [3.8, 4) is 17.4 Å². The number of rotatable bonds is 8. The quantitative estimate of drug-likeness (QED) is 0.324. The number of fused-ring (bicyclic) bond motifs is 1. The number of anilines is 1. The van der Waals surface area contributed by atoms with Crippen LogP contribution in [-0.2, 0) is 30.7 Å². The predicted octanol–water partition coefficient (Wildman–Crippen LogP) is 5.18. The molecule has 194 valence electrons. The minimum atomic E-state index is -0.484. The van der Waals surface area contributed by atoms with Crippen LogP contribution in [0.4, 0.5) is 10.3 Å². The van der Waals surface area contributed by atoms with Gasteiger partial charge in [0.1, 0.15) is 5.75 Å². The third-order valence-corrected chi connectivity index (χ3v) is 6.52. The normalized spacial score (nSPS) is 12.6. The number of carbonyl (C=O) groups is 1. The highest BCUT2D eigenvalue weighted by atomic mass is 19.1. The van der Waals surface area contributed by atoms with Crippen molar-refractivity contribution in [2.45, 2.75) is 25.9 Å². The van der Waals surface area contributed by atoms with E-state index in [1.807, 2.05) is 66.5 Å². The summed E-state index contributed by atoms with van der Waals surface area (Å²) in [6, 6.07) is 23.7. The number of methoxy groups -OCH3 is 1. The lowest BCUT2D eigenvalue weighted by Gasteiger charge is -2.30. The molecule has 1 aromatic heterocycles. The molecule has 2 heterocycles. The van der Waals surface area contributed by atoms with Gasteiger partial charge in [-0.05, 0) is 35.4 Å². The number of hydrogen-bond donors (Lipinski definition) is 0. The van der Waals surface area contributed by atoms with E-state index >= 15 is 0 Å². The molecule has 1 amide bonds. The van der Waals surface area contributed by atoms with Crippen LogP contribution in [0.3, 0.4) is 0 Å². The van der Waals surface area contributed by atoms with Gasteiger partial charge in [-0.2, -0.15) is 4.98 Å². The highest BCUT2D eigenvalue weighted by Gasteiger charge is 2.28. The van der Waals surface area contributed by atoms with Crippen molar-refractivity contribution in [2.75, 3.05) is 25.6 Å². The van der Waals surface area contributed by atoms with E-state index in [0.29, 0.717) is 31.0 Å². The molecule has 0 unspecified atom stereocenters. The summed E-state index contributed by atoms with van der Waals surface area (Å²) in [4.78, 5) is 26.4. The second-order valence-electron chi connectivity index (χ2n) is 9.22. The Hall–Kier alpha value is -4.46.